The molecule has 1 aromatic carbocycles. The molecular formula is C22H26N2O9. The zero-order valence-electron chi connectivity index (χ0n) is 18.8. The Balaban J connectivity index is 2.89. The Hall–Kier alpha value is -3.73. The molecule has 1 aromatic rings. The molecule has 0 aromatic heterocycles. The number of carbonyl (C=O) groups is 3. The van der Waals surface area contributed by atoms with Crippen LogP contribution >= 0.6 is 0 Å². The van der Waals surface area contributed by atoms with Gasteiger partial charge in [0.05, 0.1) is 54.1 Å². The van der Waals surface area contributed by atoms with Crippen LogP contribution in [0.2, 0.25) is 0 Å². The van der Waals surface area contributed by atoms with Gasteiger partial charge in [0.2, 0.25) is 0 Å². The summed E-state index contributed by atoms with van der Waals surface area (Å²) in [4.78, 5) is 49.6. The highest BCUT2D eigenvalue weighted by molar-refractivity contribution is 6.06. The van der Waals surface area contributed by atoms with Crippen molar-refractivity contribution in [1.29, 1.82) is 0 Å². The first-order valence-corrected chi connectivity index (χ1v) is 10.3. The number of methoxy groups -OCH3 is 1. The number of dihydropyridines is 1. The summed E-state index contributed by atoms with van der Waals surface area (Å²) in [6.07, 6.45) is 0. The monoisotopic (exact) mass is 462 g/mol. The number of esters is 3. The van der Waals surface area contributed by atoms with Crippen LogP contribution in [0.5, 0.6) is 0 Å². The molecule has 2 rings (SSSR count). The zero-order valence-corrected chi connectivity index (χ0v) is 18.8. The highest BCUT2D eigenvalue weighted by atomic mass is 16.6. The van der Waals surface area contributed by atoms with Gasteiger partial charge in [-0.2, -0.15) is 0 Å². The van der Waals surface area contributed by atoms with Gasteiger partial charge in [0.25, 0.3) is 5.69 Å². The van der Waals surface area contributed by atoms with E-state index in [9.17, 15) is 24.5 Å². The van der Waals surface area contributed by atoms with Gasteiger partial charge in [0, 0.05) is 19.2 Å². The van der Waals surface area contributed by atoms with E-state index in [0.29, 0.717) is 0 Å². The molecule has 0 saturated heterocycles. The number of non-ortho nitro benzene ring substituents is 1. The second kappa shape index (κ2) is 11.8. The molecule has 0 aliphatic carbocycles. The van der Waals surface area contributed by atoms with Crippen LogP contribution in [0.4, 0.5) is 5.69 Å². The van der Waals surface area contributed by atoms with Crippen LogP contribution in [0.15, 0.2) is 46.8 Å². The average Bonchev–Trinajstić information content (AvgIpc) is 2.78. The van der Waals surface area contributed by atoms with Crippen molar-refractivity contribution in [3.63, 3.8) is 0 Å². The fourth-order valence-electron chi connectivity index (χ4n) is 3.40. The maximum Gasteiger partial charge on any atom is 0.355 e. The van der Waals surface area contributed by atoms with E-state index in [2.05, 4.69) is 5.32 Å². The second-order valence-electron chi connectivity index (χ2n) is 6.69. The van der Waals surface area contributed by atoms with Crippen molar-refractivity contribution in [3.05, 3.63) is 62.5 Å². The lowest BCUT2D eigenvalue weighted by atomic mass is 9.80. The number of ether oxygens (including phenoxy) is 4. The molecule has 11 heteroatoms. The van der Waals surface area contributed by atoms with Crippen LogP contribution < -0.4 is 5.32 Å². The number of nitrogens with zero attached hydrogens (tertiary/aromatic N) is 1. The number of nitro groups is 1. The molecule has 1 unspecified atom stereocenters. The maximum atomic E-state index is 13.0. The minimum Gasteiger partial charge on any atom is -0.463 e. The smallest absolute Gasteiger partial charge is 0.355 e. The van der Waals surface area contributed by atoms with Crippen molar-refractivity contribution in [2.24, 2.45) is 0 Å². The Morgan fingerprint density at radius 1 is 0.970 bits per heavy atom. The number of benzene rings is 1. The minimum atomic E-state index is -1.21. The SMILES string of the molecule is CCOC(=O)C1=C(C(=O)OCC)C(c2cccc([N+](=O)[O-])c2)C(C(=O)OCC)=C(COC)N1. The molecule has 1 aliphatic heterocycles. The Kier molecular flexibility index (Phi) is 9.10. The van der Waals surface area contributed by atoms with Gasteiger partial charge in [-0.25, -0.2) is 14.4 Å². The Bertz CT molecular complexity index is 997. The lowest BCUT2D eigenvalue weighted by Gasteiger charge is -2.31. The topological polar surface area (TPSA) is 143 Å². The molecular weight excluding hydrogens is 436 g/mol. The molecule has 0 fully saturated rings. The third-order valence-corrected chi connectivity index (χ3v) is 4.62. The normalized spacial score (nSPS) is 15.6. The lowest BCUT2D eigenvalue weighted by Crippen LogP contribution is -2.38. The van der Waals surface area contributed by atoms with Crippen LogP contribution in [-0.2, 0) is 33.3 Å². The molecule has 1 heterocycles. The third-order valence-electron chi connectivity index (χ3n) is 4.62. The standard InChI is InChI=1S/C22H26N2O9/c1-5-31-20(25)17-15(12-30-4)23-19(22(27)33-7-3)18(21(26)32-6-2)16(17)13-9-8-10-14(11-13)24(28)29/h8-11,16,23H,5-7,12H2,1-4H3. The van der Waals surface area contributed by atoms with Gasteiger partial charge < -0.3 is 24.3 Å². The fourth-order valence-corrected chi connectivity index (χ4v) is 3.40. The number of hydrogen-bond acceptors (Lipinski definition) is 10. The van der Waals surface area contributed by atoms with Gasteiger partial charge in [0.1, 0.15) is 5.70 Å². The van der Waals surface area contributed by atoms with Crippen molar-refractivity contribution in [3.8, 4) is 0 Å². The Morgan fingerprint density at radius 3 is 2.09 bits per heavy atom. The summed E-state index contributed by atoms with van der Waals surface area (Å²) in [5.41, 5.74) is -0.389. The molecule has 0 saturated carbocycles. The van der Waals surface area contributed by atoms with Gasteiger partial charge >= 0.3 is 17.9 Å². The van der Waals surface area contributed by atoms with Crippen LogP contribution in [0.1, 0.15) is 32.3 Å². The molecule has 0 amide bonds. The molecule has 1 N–H and O–H groups in total. The number of rotatable bonds is 10. The summed E-state index contributed by atoms with van der Waals surface area (Å²) < 4.78 is 20.7. The second-order valence-corrected chi connectivity index (χ2v) is 6.69. The quantitative estimate of drug-likeness (QED) is 0.238. The van der Waals surface area contributed by atoms with Crippen LogP contribution in [-0.4, -0.2) is 56.4 Å². The molecule has 1 aliphatic rings. The molecule has 0 bridgehead atoms. The van der Waals surface area contributed by atoms with E-state index in [0.717, 1.165) is 0 Å². The van der Waals surface area contributed by atoms with Crippen LogP contribution in [0, 0.1) is 10.1 Å². The van der Waals surface area contributed by atoms with E-state index in [1.807, 2.05) is 0 Å². The molecule has 1 atom stereocenters. The van der Waals surface area contributed by atoms with E-state index in [4.69, 9.17) is 18.9 Å². The van der Waals surface area contributed by atoms with Gasteiger partial charge in [-0.1, -0.05) is 12.1 Å². The molecule has 0 radical (unpaired) electrons. The predicted octanol–water partition coefficient (Wildman–Crippen LogP) is 2.13. The molecule has 178 valence electrons. The van der Waals surface area contributed by atoms with E-state index in [1.54, 1.807) is 20.8 Å². The van der Waals surface area contributed by atoms with Crippen LogP contribution in [0.3, 0.4) is 0 Å². The maximum absolute atomic E-state index is 13.0. The van der Waals surface area contributed by atoms with Gasteiger partial charge in [-0.3, -0.25) is 10.1 Å². The van der Waals surface area contributed by atoms with Gasteiger partial charge in [0.15, 0.2) is 0 Å². The van der Waals surface area contributed by atoms with E-state index in [-0.39, 0.29) is 60.2 Å². The van der Waals surface area contributed by atoms with Gasteiger partial charge in [-0.15, -0.1) is 0 Å². The zero-order chi connectivity index (χ0) is 24.5. The first-order valence-electron chi connectivity index (χ1n) is 10.3. The van der Waals surface area contributed by atoms with Crippen molar-refractivity contribution >= 4 is 23.6 Å². The summed E-state index contributed by atoms with van der Waals surface area (Å²) in [6.45, 7) is 4.70. The summed E-state index contributed by atoms with van der Waals surface area (Å²) in [5.74, 6) is -3.73. The third kappa shape index (κ3) is 5.75. The average molecular weight is 462 g/mol. The molecule has 11 nitrogen and oxygen atoms in total. The first-order chi connectivity index (χ1) is 15.8. The number of carbonyl (C=O) groups excluding carboxylic acids is 3. The van der Waals surface area contributed by atoms with E-state index < -0.39 is 28.7 Å². The molecule has 33 heavy (non-hydrogen) atoms. The Labute approximate surface area is 190 Å². The molecule has 0 spiro atoms. The van der Waals surface area contributed by atoms with Crippen molar-refractivity contribution < 1.29 is 38.3 Å². The van der Waals surface area contributed by atoms with Crippen molar-refractivity contribution in [1.82, 2.24) is 5.32 Å². The summed E-state index contributed by atoms with van der Waals surface area (Å²) in [7, 11) is 1.38. The fraction of sp³-hybridized carbons (Fsp3) is 0.409. The van der Waals surface area contributed by atoms with E-state index in [1.165, 1.54) is 31.4 Å². The van der Waals surface area contributed by atoms with Crippen molar-refractivity contribution in [2.75, 3.05) is 33.5 Å². The highest BCUT2D eigenvalue weighted by Crippen LogP contribution is 2.40. The largest absolute Gasteiger partial charge is 0.463 e. The number of nitro benzene ring substituents is 1. The van der Waals surface area contributed by atoms with Gasteiger partial charge in [-0.05, 0) is 26.3 Å². The number of nitrogens with one attached hydrogen (secondary N) is 1. The number of hydrogen-bond donors (Lipinski definition) is 1. The lowest BCUT2D eigenvalue weighted by molar-refractivity contribution is -0.384. The van der Waals surface area contributed by atoms with Crippen LogP contribution in [0.25, 0.3) is 0 Å². The first kappa shape index (κ1) is 25.5. The van der Waals surface area contributed by atoms with Crippen molar-refractivity contribution in [2.45, 2.75) is 26.7 Å². The summed E-state index contributed by atoms with van der Waals surface area (Å²) in [5, 5.41) is 14.2. The minimum absolute atomic E-state index is 0.0104. The predicted molar refractivity (Wildman–Crippen MR) is 115 cm³/mol. The summed E-state index contributed by atoms with van der Waals surface area (Å²) in [6, 6.07) is 5.42. The summed E-state index contributed by atoms with van der Waals surface area (Å²) >= 11 is 0. The van der Waals surface area contributed by atoms with E-state index >= 15 is 0 Å². The Morgan fingerprint density at radius 2 is 1.55 bits per heavy atom. The highest BCUT2D eigenvalue weighted by Gasteiger charge is 2.42.